The Morgan fingerprint density at radius 2 is 2.08 bits per heavy atom. The number of nitrogens with zero attached hydrogens (tertiary/aromatic N) is 1. The summed E-state index contributed by atoms with van der Waals surface area (Å²) < 4.78 is 36.6. The van der Waals surface area contributed by atoms with Crippen LogP contribution in [0.1, 0.15) is 12.0 Å². The molecule has 0 fully saturated rings. The lowest BCUT2D eigenvalue weighted by Crippen LogP contribution is -1.95. The normalized spacial score (nSPS) is 10.8. The van der Waals surface area contributed by atoms with Gasteiger partial charge in [-0.2, -0.15) is 4.39 Å². The zero-order valence-electron chi connectivity index (χ0n) is 5.49. The Hall–Kier alpha value is -0.290. The van der Waals surface area contributed by atoms with Crippen LogP contribution >= 0.6 is 27.5 Å². The van der Waals surface area contributed by atoms with Crippen molar-refractivity contribution in [1.29, 1.82) is 0 Å². The molecule has 1 aromatic rings. The molecule has 0 saturated carbocycles. The lowest BCUT2D eigenvalue weighted by atomic mass is 10.3. The fraction of sp³-hybridized carbons (Fsp3) is 0.167. The number of aromatic nitrogens is 1. The number of hydrogen-bond acceptors (Lipinski definition) is 1. The molecule has 0 aliphatic rings. The predicted molar refractivity (Wildman–Crippen MR) is 41.9 cm³/mol. The van der Waals surface area contributed by atoms with Gasteiger partial charge >= 0.3 is 0 Å². The molecule has 0 unspecified atom stereocenters. The smallest absolute Gasteiger partial charge is 0.211 e. The maximum atomic E-state index is 12.6. The van der Waals surface area contributed by atoms with E-state index in [0.29, 0.717) is 0 Å². The van der Waals surface area contributed by atoms with Crippen molar-refractivity contribution in [3.05, 3.63) is 27.2 Å². The molecule has 0 saturated heterocycles. The summed E-state index contributed by atoms with van der Waals surface area (Å²) in [5.74, 6) is -1.21. The number of alkyl halides is 2. The Kier molecular flexibility index (Phi) is 2.95. The van der Waals surface area contributed by atoms with Crippen molar-refractivity contribution in [2.24, 2.45) is 0 Å². The topological polar surface area (TPSA) is 12.9 Å². The molecule has 0 aromatic carbocycles. The van der Waals surface area contributed by atoms with Crippen molar-refractivity contribution < 1.29 is 13.2 Å². The van der Waals surface area contributed by atoms with E-state index in [9.17, 15) is 13.2 Å². The Morgan fingerprint density at radius 3 is 2.58 bits per heavy atom. The molecular formula is C6H2BrClF3N. The number of hydrogen-bond donors (Lipinski definition) is 0. The fourth-order valence-corrected chi connectivity index (χ4v) is 1.04. The zero-order chi connectivity index (χ0) is 9.30. The van der Waals surface area contributed by atoms with Crippen molar-refractivity contribution in [3.63, 3.8) is 0 Å². The van der Waals surface area contributed by atoms with Crippen LogP contribution in [0.4, 0.5) is 13.2 Å². The summed E-state index contributed by atoms with van der Waals surface area (Å²) in [6.07, 6.45) is -2.90. The molecule has 0 bridgehead atoms. The van der Waals surface area contributed by atoms with Gasteiger partial charge in [0.15, 0.2) is 0 Å². The molecule has 0 aliphatic heterocycles. The van der Waals surface area contributed by atoms with E-state index >= 15 is 0 Å². The van der Waals surface area contributed by atoms with Crippen LogP contribution in [0.15, 0.2) is 10.7 Å². The highest BCUT2D eigenvalue weighted by atomic mass is 79.9. The van der Waals surface area contributed by atoms with Gasteiger partial charge in [0, 0.05) is 0 Å². The first-order valence-electron chi connectivity index (χ1n) is 2.82. The third-order valence-corrected chi connectivity index (χ3v) is 2.27. The fourth-order valence-electron chi connectivity index (χ4n) is 0.613. The van der Waals surface area contributed by atoms with E-state index < -0.39 is 17.9 Å². The Bertz CT molecular complexity index is 305. The third kappa shape index (κ3) is 1.90. The summed E-state index contributed by atoms with van der Waals surface area (Å²) in [4.78, 5) is 3.13. The second-order valence-electron chi connectivity index (χ2n) is 1.94. The molecule has 1 rings (SSSR count). The first-order chi connectivity index (χ1) is 5.52. The Balaban J connectivity index is 3.23. The minimum absolute atomic E-state index is 0.0195. The minimum Gasteiger partial charge on any atom is -0.211 e. The minimum atomic E-state index is -2.90. The zero-order valence-corrected chi connectivity index (χ0v) is 7.83. The van der Waals surface area contributed by atoms with Gasteiger partial charge in [-0.3, -0.25) is 0 Å². The van der Waals surface area contributed by atoms with Gasteiger partial charge in [-0.1, -0.05) is 11.6 Å². The average molecular weight is 260 g/mol. The summed E-state index contributed by atoms with van der Waals surface area (Å²) in [6, 6.07) is 0.846. The molecule has 1 aromatic heterocycles. The highest BCUT2D eigenvalue weighted by Gasteiger charge is 2.16. The summed E-state index contributed by atoms with van der Waals surface area (Å²) >= 11 is 8.22. The monoisotopic (exact) mass is 259 g/mol. The highest BCUT2D eigenvalue weighted by molar-refractivity contribution is 9.10. The van der Waals surface area contributed by atoms with Gasteiger partial charge in [0.25, 0.3) is 6.43 Å². The molecule has 6 heteroatoms. The van der Waals surface area contributed by atoms with Gasteiger partial charge in [-0.15, -0.1) is 0 Å². The molecule has 1 heterocycles. The summed E-state index contributed by atoms with van der Waals surface area (Å²) in [5.41, 5.74) is -0.789. The van der Waals surface area contributed by atoms with Gasteiger partial charge in [0.05, 0.1) is 10.6 Å². The first kappa shape index (κ1) is 9.80. The molecule has 12 heavy (non-hydrogen) atoms. The third-order valence-electron chi connectivity index (χ3n) is 1.15. The molecule has 0 amide bonds. The van der Waals surface area contributed by atoms with E-state index in [1.165, 1.54) is 0 Å². The predicted octanol–water partition coefficient (Wildman–Crippen LogP) is 3.57. The van der Waals surface area contributed by atoms with Crippen LogP contribution in [0.2, 0.25) is 5.02 Å². The van der Waals surface area contributed by atoms with E-state index in [-0.39, 0.29) is 9.63 Å². The maximum absolute atomic E-state index is 12.6. The van der Waals surface area contributed by atoms with Crippen molar-refractivity contribution in [3.8, 4) is 0 Å². The summed E-state index contributed by atoms with van der Waals surface area (Å²) in [7, 11) is 0. The number of rotatable bonds is 1. The van der Waals surface area contributed by atoms with Crippen LogP contribution in [0.5, 0.6) is 0 Å². The Labute approximate surface area is 79.7 Å². The van der Waals surface area contributed by atoms with E-state index in [1.54, 1.807) is 0 Å². The molecule has 0 radical (unpaired) electrons. The van der Waals surface area contributed by atoms with Crippen molar-refractivity contribution >= 4 is 27.5 Å². The van der Waals surface area contributed by atoms with Crippen LogP contribution in [-0.2, 0) is 0 Å². The molecule has 0 aliphatic carbocycles. The standard InChI is InChI=1S/C6H2BrClF3N/c7-4-3(8)1-2(5(9)10)6(11)12-4/h1,5H. The quantitative estimate of drug-likeness (QED) is 0.703. The maximum Gasteiger partial charge on any atom is 0.268 e. The van der Waals surface area contributed by atoms with Gasteiger partial charge in [0.1, 0.15) is 4.60 Å². The van der Waals surface area contributed by atoms with E-state index in [2.05, 4.69) is 20.9 Å². The number of pyridine rings is 1. The van der Waals surface area contributed by atoms with Crippen LogP contribution in [-0.4, -0.2) is 4.98 Å². The van der Waals surface area contributed by atoms with Crippen molar-refractivity contribution in [1.82, 2.24) is 4.98 Å². The second-order valence-corrected chi connectivity index (χ2v) is 3.10. The van der Waals surface area contributed by atoms with Gasteiger partial charge in [-0.05, 0) is 22.0 Å². The van der Waals surface area contributed by atoms with Gasteiger partial charge in [-0.25, -0.2) is 13.8 Å². The molecule has 1 nitrogen and oxygen atoms in total. The largest absolute Gasteiger partial charge is 0.268 e. The van der Waals surface area contributed by atoms with Gasteiger partial charge in [0.2, 0.25) is 5.95 Å². The van der Waals surface area contributed by atoms with E-state index in [1.807, 2.05) is 0 Å². The Morgan fingerprint density at radius 1 is 1.50 bits per heavy atom. The second kappa shape index (κ2) is 3.62. The van der Waals surface area contributed by atoms with Gasteiger partial charge < -0.3 is 0 Å². The van der Waals surface area contributed by atoms with E-state index in [4.69, 9.17) is 11.6 Å². The average Bonchev–Trinajstić information content (AvgIpc) is 1.96. The first-order valence-corrected chi connectivity index (χ1v) is 3.99. The van der Waals surface area contributed by atoms with Crippen LogP contribution in [0, 0.1) is 5.95 Å². The molecular weight excluding hydrogens is 258 g/mol. The lowest BCUT2D eigenvalue weighted by Gasteiger charge is -2.02. The molecule has 0 spiro atoms. The summed E-state index contributed by atoms with van der Waals surface area (Å²) in [5, 5.41) is -0.0355. The highest BCUT2D eigenvalue weighted by Crippen LogP contribution is 2.28. The number of halogens is 5. The van der Waals surface area contributed by atoms with Crippen LogP contribution in [0.25, 0.3) is 0 Å². The molecule has 66 valence electrons. The lowest BCUT2D eigenvalue weighted by molar-refractivity contribution is 0.145. The SMILES string of the molecule is Fc1nc(Br)c(Cl)cc1C(F)F. The van der Waals surface area contributed by atoms with E-state index in [0.717, 1.165) is 6.07 Å². The van der Waals surface area contributed by atoms with Crippen molar-refractivity contribution in [2.45, 2.75) is 6.43 Å². The van der Waals surface area contributed by atoms with Crippen molar-refractivity contribution in [2.75, 3.05) is 0 Å². The van der Waals surface area contributed by atoms with Crippen LogP contribution < -0.4 is 0 Å². The summed E-state index contributed by atoms with van der Waals surface area (Å²) in [6.45, 7) is 0. The molecule has 0 atom stereocenters. The van der Waals surface area contributed by atoms with Crippen LogP contribution in [0.3, 0.4) is 0 Å². The molecule has 0 N–H and O–H groups in total.